The van der Waals surface area contributed by atoms with E-state index in [-0.39, 0.29) is 0 Å². The fraction of sp³-hybridized carbons (Fsp3) is 0.867. The van der Waals surface area contributed by atoms with Crippen molar-refractivity contribution < 1.29 is 4.74 Å². The zero-order valence-electron chi connectivity index (χ0n) is 13.3. The Bertz CT molecular complexity index is 410. The first-order valence-corrected chi connectivity index (χ1v) is 9.06. The maximum atomic E-state index is 5.33. The molecule has 0 amide bonds. The minimum absolute atomic E-state index is 0.508. The SMILES string of the molecule is CCOCCCNCC(C)Sc1nnc2n1CCCCC2. The van der Waals surface area contributed by atoms with Crippen LogP contribution in [-0.2, 0) is 17.7 Å². The van der Waals surface area contributed by atoms with Gasteiger partial charge in [0, 0.05) is 38.0 Å². The second-order valence-electron chi connectivity index (χ2n) is 5.54. The van der Waals surface area contributed by atoms with Gasteiger partial charge >= 0.3 is 0 Å². The highest BCUT2D eigenvalue weighted by molar-refractivity contribution is 7.99. The van der Waals surface area contributed by atoms with Crippen molar-refractivity contribution in [2.75, 3.05) is 26.3 Å². The molecule has 0 saturated carbocycles. The van der Waals surface area contributed by atoms with Gasteiger partial charge in [-0.3, -0.25) is 0 Å². The minimum Gasteiger partial charge on any atom is -0.382 e. The highest BCUT2D eigenvalue weighted by Crippen LogP contribution is 2.24. The zero-order valence-corrected chi connectivity index (χ0v) is 14.1. The van der Waals surface area contributed by atoms with Gasteiger partial charge in [-0.05, 0) is 32.7 Å². The van der Waals surface area contributed by atoms with Crippen molar-refractivity contribution in [2.45, 2.75) is 62.9 Å². The number of ether oxygens (including phenoxy) is 1. The lowest BCUT2D eigenvalue weighted by molar-refractivity contribution is 0.145. The highest BCUT2D eigenvalue weighted by atomic mass is 32.2. The Balaban J connectivity index is 1.70. The molecule has 1 N–H and O–H groups in total. The lowest BCUT2D eigenvalue weighted by Crippen LogP contribution is -2.25. The van der Waals surface area contributed by atoms with E-state index < -0.39 is 0 Å². The molecule has 1 aliphatic rings. The van der Waals surface area contributed by atoms with Crippen molar-refractivity contribution in [1.29, 1.82) is 0 Å². The van der Waals surface area contributed by atoms with Crippen LogP contribution in [0.25, 0.3) is 0 Å². The van der Waals surface area contributed by atoms with Gasteiger partial charge in [-0.15, -0.1) is 10.2 Å². The number of aryl methyl sites for hydroxylation is 1. The number of rotatable bonds is 9. The predicted molar refractivity (Wildman–Crippen MR) is 86.9 cm³/mol. The van der Waals surface area contributed by atoms with Crippen LogP contribution < -0.4 is 5.32 Å². The molecule has 1 aromatic rings. The van der Waals surface area contributed by atoms with E-state index in [1.165, 1.54) is 25.1 Å². The van der Waals surface area contributed by atoms with Gasteiger partial charge in [0.05, 0.1) is 0 Å². The molecule has 0 spiro atoms. The molecule has 1 unspecified atom stereocenters. The monoisotopic (exact) mass is 312 g/mol. The second-order valence-corrected chi connectivity index (χ2v) is 6.95. The van der Waals surface area contributed by atoms with Gasteiger partial charge < -0.3 is 14.6 Å². The minimum atomic E-state index is 0.508. The summed E-state index contributed by atoms with van der Waals surface area (Å²) in [5, 5.41) is 13.8. The molecule has 2 heterocycles. The lowest BCUT2D eigenvalue weighted by Gasteiger charge is -2.13. The van der Waals surface area contributed by atoms with Crippen LogP contribution in [0.5, 0.6) is 0 Å². The van der Waals surface area contributed by atoms with Crippen molar-refractivity contribution in [3.8, 4) is 0 Å². The molecule has 1 aliphatic heterocycles. The maximum Gasteiger partial charge on any atom is 0.191 e. The van der Waals surface area contributed by atoms with Crippen LogP contribution in [0.2, 0.25) is 0 Å². The summed E-state index contributed by atoms with van der Waals surface area (Å²) >= 11 is 1.84. The number of hydrogen-bond acceptors (Lipinski definition) is 5. The zero-order chi connectivity index (χ0) is 14.9. The molecule has 1 atom stereocenters. The molecule has 0 saturated heterocycles. The van der Waals surface area contributed by atoms with Crippen molar-refractivity contribution in [3.63, 3.8) is 0 Å². The number of thioether (sulfide) groups is 1. The fourth-order valence-corrected chi connectivity index (χ4v) is 3.49. The van der Waals surface area contributed by atoms with E-state index in [4.69, 9.17) is 4.74 Å². The molecule has 1 aromatic heterocycles. The van der Waals surface area contributed by atoms with Crippen LogP contribution in [-0.4, -0.2) is 46.3 Å². The summed E-state index contributed by atoms with van der Waals surface area (Å²) in [7, 11) is 0. The van der Waals surface area contributed by atoms with E-state index in [9.17, 15) is 0 Å². The lowest BCUT2D eigenvalue weighted by atomic mass is 10.2. The molecule has 2 rings (SSSR count). The smallest absolute Gasteiger partial charge is 0.191 e. The summed E-state index contributed by atoms with van der Waals surface area (Å²) in [5.41, 5.74) is 0. The summed E-state index contributed by atoms with van der Waals surface area (Å²) in [4.78, 5) is 0. The molecular weight excluding hydrogens is 284 g/mol. The maximum absolute atomic E-state index is 5.33. The molecule has 6 heteroatoms. The van der Waals surface area contributed by atoms with Crippen molar-refractivity contribution >= 4 is 11.8 Å². The third-order valence-corrected chi connectivity index (χ3v) is 4.74. The quantitative estimate of drug-likeness (QED) is 0.561. The van der Waals surface area contributed by atoms with Crippen molar-refractivity contribution in [3.05, 3.63) is 5.82 Å². The summed E-state index contributed by atoms with van der Waals surface area (Å²) < 4.78 is 7.66. The van der Waals surface area contributed by atoms with Crippen LogP contribution in [0.3, 0.4) is 0 Å². The third kappa shape index (κ3) is 5.60. The van der Waals surface area contributed by atoms with Crippen LogP contribution in [0.1, 0.15) is 45.4 Å². The summed E-state index contributed by atoms with van der Waals surface area (Å²) in [6.07, 6.45) is 5.97. The fourth-order valence-electron chi connectivity index (χ4n) is 2.52. The molecule has 0 aliphatic carbocycles. The van der Waals surface area contributed by atoms with Gasteiger partial charge in [-0.25, -0.2) is 0 Å². The summed E-state index contributed by atoms with van der Waals surface area (Å²) in [6, 6.07) is 0. The van der Waals surface area contributed by atoms with Gasteiger partial charge in [-0.2, -0.15) is 0 Å². The van der Waals surface area contributed by atoms with Crippen LogP contribution >= 0.6 is 11.8 Å². The van der Waals surface area contributed by atoms with E-state index in [0.29, 0.717) is 5.25 Å². The number of aromatic nitrogens is 3. The Labute approximate surface area is 132 Å². The second kappa shape index (κ2) is 9.43. The molecule has 0 bridgehead atoms. The van der Waals surface area contributed by atoms with Crippen LogP contribution in [0.4, 0.5) is 0 Å². The Kier molecular flexibility index (Phi) is 7.53. The molecule has 0 fully saturated rings. The average Bonchev–Trinajstić information content (AvgIpc) is 2.71. The standard InChI is InChI=1S/C15H28N4OS/c1-3-20-11-7-9-16-12-13(2)21-15-18-17-14-8-5-4-6-10-19(14)15/h13,16H,3-12H2,1-2H3. The Morgan fingerprint density at radius 2 is 2.24 bits per heavy atom. The Hall–Kier alpha value is -0.590. The Morgan fingerprint density at radius 3 is 3.10 bits per heavy atom. The van der Waals surface area contributed by atoms with Gasteiger partial charge in [0.2, 0.25) is 0 Å². The number of fused-ring (bicyclic) bond motifs is 1. The molecule has 5 nitrogen and oxygen atoms in total. The van der Waals surface area contributed by atoms with E-state index in [1.54, 1.807) is 0 Å². The highest BCUT2D eigenvalue weighted by Gasteiger charge is 2.16. The van der Waals surface area contributed by atoms with E-state index in [1.807, 2.05) is 18.7 Å². The molecule has 0 radical (unpaired) electrons. The van der Waals surface area contributed by atoms with Crippen molar-refractivity contribution in [1.82, 2.24) is 20.1 Å². The largest absolute Gasteiger partial charge is 0.382 e. The van der Waals surface area contributed by atoms with Crippen LogP contribution in [0.15, 0.2) is 5.16 Å². The van der Waals surface area contributed by atoms with E-state index in [0.717, 1.165) is 50.8 Å². The van der Waals surface area contributed by atoms with Crippen LogP contribution in [0, 0.1) is 0 Å². The topological polar surface area (TPSA) is 52.0 Å². The molecule has 120 valence electrons. The molecule has 0 aromatic carbocycles. The van der Waals surface area contributed by atoms with Crippen molar-refractivity contribution in [2.24, 2.45) is 0 Å². The summed E-state index contributed by atoms with van der Waals surface area (Å²) in [5.74, 6) is 1.17. The Morgan fingerprint density at radius 1 is 1.33 bits per heavy atom. The first-order chi connectivity index (χ1) is 10.3. The molecular formula is C15H28N4OS. The number of hydrogen-bond donors (Lipinski definition) is 1. The summed E-state index contributed by atoms with van der Waals surface area (Å²) in [6.45, 7) is 9.04. The normalized spacial score (nSPS) is 16.5. The van der Waals surface area contributed by atoms with Gasteiger partial charge in [-0.1, -0.05) is 25.1 Å². The number of nitrogens with zero attached hydrogens (tertiary/aromatic N) is 3. The van der Waals surface area contributed by atoms with Gasteiger partial charge in [0.15, 0.2) is 5.16 Å². The first-order valence-electron chi connectivity index (χ1n) is 8.18. The van der Waals surface area contributed by atoms with Gasteiger partial charge in [0.1, 0.15) is 5.82 Å². The predicted octanol–water partition coefficient (Wildman–Crippen LogP) is 2.50. The molecule has 21 heavy (non-hydrogen) atoms. The van der Waals surface area contributed by atoms with E-state index in [2.05, 4.69) is 27.0 Å². The third-order valence-electron chi connectivity index (χ3n) is 3.66. The number of nitrogens with one attached hydrogen (secondary N) is 1. The van der Waals surface area contributed by atoms with Gasteiger partial charge in [0.25, 0.3) is 0 Å². The first kappa shape index (κ1) is 16.8. The average molecular weight is 312 g/mol. The van der Waals surface area contributed by atoms with E-state index >= 15 is 0 Å².